The van der Waals surface area contributed by atoms with E-state index in [1.54, 1.807) is 0 Å². The van der Waals surface area contributed by atoms with Crippen LogP contribution in [-0.4, -0.2) is 25.7 Å². The number of benzene rings is 1. The summed E-state index contributed by atoms with van der Waals surface area (Å²) in [5.41, 5.74) is 1.82. The molecule has 0 aromatic heterocycles. The molecule has 126 valence electrons. The molecule has 3 rings (SSSR count). The van der Waals surface area contributed by atoms with Crippen molar-refractivity contribution in [2.24, 2.45) is 0 Å². The molecule has 1 saturated heterocycles. The van der Waals surface area contributed by atoms with Gasteiger partial charge in [0.25, 0.3) is 11.7 Å². The normalized spacial score (nSPS) is 19.3. The van der Waals surface area contributed by atoms with Gasteiger partial charge in [-0.3, -0.25) is 4.79 Å². The minimum atomic E-state index is -1.18. The van der Waals surface area contributed by atoms with E-state index in [-0.39, 0.29) is 5.91 Å². The maximum atomic E-state index is 13.0. The van der Waals surface area contributed by atoms with Crippen LogP contribution in [0.2, 0.25) is 0 Å². The van der Waals surface area contributed by atoms with E-state index in [2.05, 4.69) is 6.92 Å². The van der Waals surface area contributed by atoms with E-state index in [0.717, 1.165) is 30.6 Å². The zero-order chi connectivity index (χ0) is 16.1. The highest BCUT2D eigenvalue weighted by Gasteiger charge is 2.54. The van der Waals surface area contributed by atoms with Crippen molar-refractivity contribution in [3.05, 3.63) is 29.8 Å². The molecule has 1 aromatic rings. The van der Waals surface area contributed by atoms with Crippen molar-refractivity contribution in [2.45, 2.75) is 57.7 Å². The van der Waals surface area contributed by atoms with Gasteiger partial charge >= 0.3 is 0 Å². The highest BCUT2D eigenvalue weighted by Crippen LogP contribution is 2.45. The number of amides is 1. The first kappa shape index (κ1) is 16.5. The van der Waals surface area contributed by atoms with Gasteiger partial charge in [-0.15, -0.1) is 0 Å². The molecular formula is C19H27NO3. The number of ether oxygens (including phenoxy) is 2. The summed E-state index contributed by atoms with van der Waals surface area (Å²) in [6.45, 7) is 4.12. The molecule has 1 spiro atoms. The van der Waals surface area contributed by atoms with Crippen molar-refractivity contribution in [2.75, 3.05) is 24.7 Å². The Balaban J connectivity index is 1.68. The molecule has 4 heteroatoms. The SMILES string of the molecule is CCCCCCCCN1C(=O)C2(OCCCO2)c2ccccc21. The largest absolute Gasteiger partial charge is 0.338 e. The van der Waals surface area contributed by atoms with Crippen molar-refractivity contribution < 1.29 is 14.3 Å². The third-order valence-electron chi connectivity index (χ3n) is 4.71. The summed E-state index contributed by atoms with van der Waals surface area (Å²) >= 11 is 0. The molecule has 2 aliphatic rings. The van der Waals surface area contributed by atoms with Gasteiger partial charge in [0.2, 0.25) is 0 Å². The fourth-order valence-electron chi connectivity index (χ4n) is 3.47. The Hall–Kier alpha value is -1.39. The summed E-state index contributed by atoms with van der Waals surface area (Å²) in [6.07, 6.45) is 8.13. The molecule has 0 aliphatic carbocycles. The van der Waals surface area contributed by atoms with Gasteiger partial charge in [-0.1, -0.05) is 57.2 Å². The predicted octanol–water partition coefficient (Wildman–Crippen LogP) is 3.98. The molecule has 0 bridgehead atoms. The Morgan fingerprint density at radius 1 is 1.04 bits per heavy atom. The summed E-state index contributed by atoms with van der Waals surface area (Å²) in [6, 6.07) is 7.88. The topological polar surface area (TPSA) is 38.8 Å². The van der Waals surface area contributed by atoms with Gasteiger partial charge in [-0.05, 0) is 18.9 Å². The molecular weight excluding hydrogens is 290 g/mol. The van der Waals surface area contributed by atoms with Crippen LogP contribution in [0.4, 0.5) is 5.69 Å². The molecule has 1 aromatic carbocycles. The van der Waals surface area contributed by atoms with E-state index in [4.69, 9.17) is 9.47 Å². The quantitative estimate of drug-likeness (QED) is 0.714. The molecule has 0 radical (unpaired) electrons. The minimum Gasteiger partial charge on any atom is -0.338 e. The second-order valence-electron chi connectivity index (χ2n) is 6.41. The summed E-state index contributed by atoms with van der Waals surface area (Å²) in [4.78, 5) is 14.8. The fourth-order valence-corrected chi connectivity index (χ4v) is 3.47. The van der Waals surface area contributed by atoms with Crippen LogP contribution >= 0.6 is 0 Å². The number of carbonyl (C=O) groups excluding carboxylic acids is 1. The van der Waals surface area contributed by atoms with E-state index in [1.807, 2.05) is 29.2 Å². The lowest BCUT2D eigenvalue weighted by Crippen LogP contribution is -2.47. The first-order valence-corrected chi connectivity index (χ1v) is 8.99. The number of hydrogen-bond donors (Lipinski definition) is 0. The van der Waals surface area contributed by atoms with Crippen molar-refractivity contribution in [3.63, 3.8) is 0 Å². The molecule has 4 nitrogen and oxygen atoms in total. The summed E-state index contributed by atoms with van der Waals surface area (Å²) < 4.78 is 11.7. The smallest absolute Gasteiger partial charge is 0.292 e. The molecule has 2 heterocycles. The number of anilines is 1. The average molecular weight is 317 g/mol. The van der Waals surface area contributed by atoms with E-state index in [1.165, 1.54) is 32.1 Å². The zero-order valence-electron chi connectivity index (χ0n) is 14.1. The first-order chi connectivity index (χ1) is 11.3. The van der Waals surface area contributed by atoms with Gasteiger partial charge in [-0.2, -0.15) is 0 Å². The Morgan fingerprint density at radius 2 is 1.74 bits per heavy atom. The number of nitrogens with zero attached hydrogens (tertiary/aromatic N) is 1. The minimum absolute atomic E-state index is 0.0491. The van der Waals surface area contributed by atoms with Crippen LogP contribution in [-0.2, 0) is 20.1 Å². The number of rotatable bonds is 7. The van der Waals surface area contributed by atoms with E-state index in [0.29, 0.717) is 13.2 Å². The van der Waals surface area contributed by atoms with E-state index >= 15 is 0 Å². The molecule has 0 unspecified atom stereocenters. The van der Waals surface area contributed by atoms with Gasteiger partial charge in [0.05, 0.1) is 18.9 Å². The lowest BCUT2D eigenvalue weighted by Gasteiger charge is -2.32. The standard InChI is InChI=1S/C19H27NO3/c1-2-3-4-5-6-9-13-20-17-12-8-7-11-16(17)19(18(20)21)22-14-10-15-23-19/h7-8,11-12H,2-6,9-10,13-15H2,1H3. The lowest BCUT2D eigenvalue weighted by molar-refractivity contribution is -0.256. The molecule has 1 fully saturated rings. The van der Waals surface area contributed by atoms with Gasteiger partial charge < -0.3 is 14.4 Å². The highest BCUT2D eigenvalue weighted by atomic mass is 16.7. The number of unbranched alkanes of at least 4 members (excludes halogenated alkanes) is 5. The van der Waals surface area contributed by atoms with Crippen LogP contribution in [0.15, 0.2) is 24.3 Å². The van der Waals surface area contributed by atoms with Gasteiger partial charge in [0.1, 0.15) is 0 Å². The number of carbonyl (C=O) groups is 1. The monoisotopic (exact) mass is 317 g/mol. The van der Waals surface area contributed by atoms with Gasteiger partial charge in [0.15, 0.2) is 0 Å². The number of fused-ring (bicyclic) bond motifs is 2. The van der Waals surface area contributed by atoms with Crippen molar-refractivity contribution >= 4 is 11.6 Å². The Kier molecular flexibility index (Phi) is 5.34. The van der Waals surface area contributed by atoms with Crippen molar-refractivity contribution in [1.82, 2.24) is 0 Å². The second kappa shape index (κ2) is 7.45. The fraction of sp³-hybridized carbons (Fsp3) is 0.632. The van der Waals surface area contributed by atoms with Gasteiger partial charge in [-0.25, -0.2) is 0 Å². The number of hydrogen-bond acceptors (Lipinski definition) is 3. The summed E-state index contributed by atoms with van der Waals surface area (Å²) in [7, 11) is 0. The lowest BCUT2D eigenvalue weighted by atomic mass is 10.1. The second-order valence-corrected chi connectivity index (χ2v) is 6.41. The first-order valence-electron chi connectivity index (χ1n) is 8.99. The highest BCUT2D eigenvalue weighted by molar-refractivity contribution is 6.06. The maximum Gasteiger partial charge on any atom is 0.292 e. The average Bonchev–Trinajstić information content (AvgIpc) is 2.82. The van der Waals surface area contributed by atoms with Crippen molar-refractivity contribution in [1.29, 1.82) is 0 Å². The maximum absolute atomic E-state index is 13.0. The van der Waals surface area contributed by atoms with Gasteiger partial charge in [0, 0.05) is 12.1 Å². The van der Waals surface area contributed by atoms with Crippen LogP contribution in [0.1, 0.15) is 57.4 Å². The Morgan fingerprint density at radius 3 is 2.52 bits per heavy atom. The molecule has 1 amide bonds. The molecule has 23 heavy (non-hydrogen) atoms. The van der Waals surface area contributed by atoms with Crippen LogP contribution in [0.5, 0.6) is 0 Å². The molecule has 2 aliphatic heterocycles. The van der Waals surface area contributed by atoms with Crippen LogP contribution < -0.4 is 4.90 Å². The Bertz CT molecular complexity index is 537. The van der Waals surface area contributed by atoms with Crippen LogP contribution in [0.3, 0.4) is 0 Å². The third kappa shape index (κ3) is 3.15. The Labute approximate surface area is 138 Å². The molecule has 0 atom stereocenters. The number of para-hydroxylation sites is 1. The summed E-state index contributed by atoms with van der Waals surface area (Å²) in [5.74, 6) is -1.23. The molecule has 0 saturated carbocycles. The van der Waals surface area contributed by atoms with E-state index in [9.17, 15) is 4.79 Å². The zero-order valence-corrected chi connectivity index (χ0v) is 14.1. The van der Waals surface area contributed by atoms with Crippen LogP contribution in [0, 0.1) is 0 Å². The van der Waals surface area contributed by atoms with Crippen LogP contribution in [0.25, 0.3) is 0 Å². The predicted molar refractivity (Wildman–Crippen MR) is 90.4 cm³/mol. The van der Waals surface area contributed by atoms with E-state index < -0.39 is 5.79 Å². The van der Waals surface area contributed by atoms with Crippen molar-refractivity contribution in [3.8, 4) is 0 Å². The third-order valence-corrected chi connectivity index (χ3v) is 4.71. The molecule has 0 N–H and O–H groups in total. The summed E-state index contributed by atoms with van der Waals surface area (Å²) in [5, 5.41) is 0.